The van der Waals surface area contributed by atoms with Crippen LogP contribution in [0, 0.1) is 9.39 Å². The summed E-state index contributed by atoms with van der Waals surface area (Å²) >= 11 is 2.18. The summed E-state index contributed by atoms with van der Waals surface area (Å²) in [4.78, 5) is 24.2. The van der Waals surface area contributed by atoms with Gasteiger partial charge in [0.1, 0.15) is 5.82 Å². The van der Waals surface area contributed by atoms with Crippen molar-refractivity contribution in [1.82, 2.24) is 0 Å². The van der Waals surface area contributed by atoms with Crippen molar-refractivity contribution < 1.29 is 14.0 Å². The molecule has 2 aromatic carbocycles. The van der Waals surface area contributed by atoms with Crippen molar-refractivity contribution in [2.75, 3.05) is 10.6 Å². The number of rotatable bonds is 2. The lowest BCUT2D eigenvalue weighted by atomic mass is 9.89. The molecule has 22 heavy (non-hydrogen) atoms. The molecule has 1 heterocycles. The smallest absolute Gasteiger partial charge is 0.232 e. The van der Waals surface area contributed by atoms with Gasteiger partial charge in [0.2, 0.25) is 11.8 Å². The first-order valence-corrected chi connectivity index (χ1v) is 7.76. The molecular formula is C16H12FIN2O2. The van der Waals surface area contributed by atoms with Crippen LogP contribution in [0.5, 0.6) is 0 Å². The summed E-state index contributed by atoms with van der Waals surface area (Å²) in [5.41, 5.74) is 1.66. The van der Waals surface area contributed by atoms with E-state index in [-0.39, 0.29) is 18.2 Å². The summed E-state index contributed by atoms with van der Waals surface area (Å²) in [6.07, 6.45) is 0.0504. The van der Waals surface area contributed by atoms with Crippen molar-refractivity contribution in [3.8, 4) is 0 Å². The highest BCUT2D eigenvalue weighted by molar-refractivity contribution is 14.1. The van der Waals surface area contributed by atoms with Crippen LogP contribution in [0.15, 0.2) is 42.5 Å². The van der Waals surface area contributed by atoms with Gasteiger partial charge in [-0.05, 0) is 64.6 Å². The largest absolute Gasteiger partial charge is 0.326 e. The highest BCUT2D eigenvalue weighted by Gasteiger charge is 2.30. The van der Waals surface area contributed by atoms with Crippen molar-refractivity contribution in [3.63, 3.8) is 0 Å². The standard InChI is InChI=1S/C16H12FIN2O2/c17-9-1-6-12-13(8-15(21)20-14(12)7-9)16(22)19-11-4-2-10(18)3-5-11/h1-7,13H,8H2,(H,19,22)(H,20,21). The average Bonchev–Trinajstić information content (AvgIpc) is 2.48. The number of carbonyl (C=O) groups excluding carboxylic acids is 2. The highest BCUT2D eigenvalue weighted by atomic mass is 127. The molecule has 1 atom stereocenters. The molecule has 1 unspecified atom stereocenters. The molecule has 1 aliphatic rings. The Kier molecular flexibility index (Phi) is 4.10. The van der Waals surface area contributed by atoms with Gasteiger partial charge >= 0.3 is 0 Å². The Morgan fingerprint density at radius 2 is 1.95 bits per heavy atom. The van der Waals surface area contributed by atoms with Crippen LogP contribution in [0.4, 0.5) is 15.8 Å². The molecule has 0 fully saturated rings. The zero-order valence-corrected chi connectivity index (χ0v) is 13.6. The summed E-state index contributed by atoms with van der Waals surface area (Å²) in [5, 5.41) is 5.40. The van der Waals surface area contributed by atoms with Crippen LogP contribution < -0.4 is 10.6 Å². The molecule has 0 spiro atoms. The van der Waals surface area contributed by atoms with Crippen molar-refractivity contribution in [1.29, 1.82) is 0 Å². The van der Waals surface area contributed by atoms with Crippen LogP contribution in [0.2, 0.25) is 0 Å². The number of benzene rings is 2. The van der Waals surface area contributed by atoms with Gasteiger partial charge < -0.3 is 10.6 Å². The average molecular weight is 410 g/mol. The van der Waals surface area contributed by atoms with Crippen LogP contribution in [0.25, 0.3) is 0 Å². The van der Waals surface area contributed by atoms with Gasteiger partial charge in [-0.15, -0.1) is 0 Å². The fraction of sp³-hybridized carbons (Fsp3) is 0.125. The van der Waals surface area contributed by atoms with E-state index in [9.17, 15) is 14.0 Å². The minimum absolute atomic E-state index is 0.0504. The van der Waals surface area contributed by atoms with Gasteiger partial charge in [-0.3, -0.25) is 9.59 Å². The van der Waals surface area contributed by atoms with E-state index < -0.39 is 11.7 Å². The Hall–Kier alpha value is -1.96. The lowest BCUT2D eigenvalue weighted by Gasteiger charge is -2.24. The SMILES string of the molecule is O=C1CC(C(=O)Nc2ccc(I)cc2)c2ccc(F)cc2N1. The zero-order chi connectivity index (χ0) is 15.7. The molecule has 0 aromatic heterocycles. The predicted octanol–water partition coefficient (Wildman–Crippen LogP) is 3.49. The molecule has 0 saturated carbocycles. The summed E-state index contributed by atoms with van der Waals surface area (Å²) in [5.74, 6) is -1.63. The number of amides is 2. The fourth-order valence-corrected chi connectivity index (χ4v) is 2.79. The molecule has 0 radical (unpaired) electrons. The Bertz CT molecular complexity index is 746. The molecule has 3 rings (SSSR count). The second-order valence-corrected chi connectivity index (χ2v) is 6.28. The van der Waals surface area contributed by atoms with Gasteiger partial charge in [0.15, 0.2) is 0 Å². The fourth-order valence-electron chi connectivity index (χ4n) is 2.43. The minimum Gasteiger partial charge on any atom is -0.326 e. The number of carbonyl (C=O) groups is 2. The van der Waals surface area contributed by atoms with Gasteiger partial charge in [-0.25, -0.2) is 4.39 Å². The quantitative estimate of drug-likeness (QED) is 0.745. The first-order chi connectivity index (χ1) is 10.5. The molecule has 0 saturated heterocycles. The third kappa shape index (κ3) is 3.11. The number of nitrogens with one attached hydrogen (secondary N) is 2. The van der Waals surface area contributed by atoms with Crippen LogP contribution >= 0.6 is 22.6 Å². The molecule has 0 aliphatic carbocycles. The maximum atomic E-state index is 13.3. The minimum atomic E-state index is -0.622. The van der Waals surface area contributed by atoms with E-state index in [0.717, 1.165) is 3.57 Å². The number of halogens is 2. The van der Waals surface area contributed by atoms with E-state index in [4.69, 9.17) is 0 Å². The van der Waals surface area contributed by atoms with E-state index in [1.807, 2.05) is 12.1 Å². The number of hydrogen-bond acceptors (Lipinski definition) is 2. The third-order valence-corrected chi connectivity index (χ3v) is 4.20. The van der Waals surface area contributed by atoms with E-state index in [2.05, 4.69) is 33.2 Å². The van der Waals surface area contributed by atoms with Crippen molar-refractivity contribution >= 4 is 45.8 Å². The highest BCUT2D eigenvalue weighted by Crippen LogP contribution is 2.33. The molecule has 0 bridgehead atoms. The number of anilines is 2. The lowest BCUT2D eigenvalue weighted by molar-refractivity contribution is -0.123. The summed E-state index contributed by atoms with van der Waals surface area (Å²) in [6, 6.07) is 11.4. The molecule has 1 aliphatic heterocycles. The number of hydrogen-bond donors (Lipinski definition) is 2. The van der Waals surface area contributed by atoms with Gasteiger partial charge in [-0.1, -0.05) is 6.07 Å². The van der Waals surface area contributed by atoms with Crippen LogP contribution in [0.1, 0.15) is 17.9 Å². The third-order valence-electron chi connectivity index (χ3n) is 3.48. The molecule has 6 heteroatoms. The van der Waals surface area contributed by atoms with Crippen molar-refractivity contribution in [3.05, 3.63) is 57.4 Å². The molecule has 2 aromatic rings. The molecule has 4 nitrogen and oxygen atoms in total. The Labute approximate surface area is 140 Å². The van der Waals surface area contributed by atoms with Crippen molar-refractivity contribution in [2.45, 2.75) is 12.3 Å². The van der Waals surface area contributed by atoms with Crippen LogP contribution in [0.3, 0.4) is 0 Å². The van der Waals surface area contributed by atoms with Crippen LogP contribution in [-0.4, -0.2) is 11.8 Å². The predicted molar refractivity (Wildman–Crippen MR) is 90.2 cm³/mol. The van der Waals surface area contributed by atoms with Crippen molar-refractivity contribution in [2.24, 2.45) is 0 Å². The Morgan fingerprint density at radius 1 is 1.23 bits per heavy atom. The Morgan fingerprint density at radius 3 is 2.68 bits per heavy atom. The molecular weight excluding hydrogens is 398 g/mol. The number of fused-ring (bicyclic) bond motifs is 1. The lowest BCUT2D eigenvalue weighted by Crippen LogP contribution is -2.30. The first-order valence-electron chi connectivity index (χ1n) is 6.68. The second-order valence-electron chi connectivity index (χ2n) is 5.03. The van der Waals surface area contributed by atoms with Gasteiger partial charge in [0.25, 0.3) is 0 Å². The van der Waals surface area contributed by atoms with Crippen LogP contribution in [-0.2, 0) is 9.59 Å². The first kappa shape index (κ1) is 15.0. The summed E-state index contributed by atoms with van der Waals surface area (Å²) < 4.78 is 14.3. The van der Waals surface area contributed by atoms with Gasteiger partial charge in [-0.2, -0.15) is 0 Å². The van der Waals surface area contributed by atoms with E-state index >= 15 is 0 Å². The second kappa shape index (κ2) is 6.04. The molecule has 112 valence electrons. The Balaban J connectivity index is 1.86. The summed E-state index contributed by atoms with van der Waals surface area (Å²) in [7, 11) is 0. The van der Waals surface area contributed by atoms with E-state index in [0.29, 0.717) is 16.9 Å². The zero-order valence-electron chi connectivity index (χ0n) is 11.4. The maximum absolute atomic E-state index is 13.3. The summed E-state index contributed by atoms with van der Waals surface area (Å²) in [6.45, 7) is 0. The van der Waals surface area contributed by atoms with E-state index in [1.165, 1.54) is 12.1 Å². The normalized spacial score (nSPS) is 16.6. The maximum Gasteiger partial charge on any atom is 0.232 e. The van der Waals surface area contributed by atoms with Gasteiger partial charge in [0.05, 0.1) is 5.92 Å². The topological polar surface area (TPSA) is 58.2 Å². The van der Waals surface area contributed by atoms with Gasteiger partial charge in [0, 0.05) is 21.4 Å². The van der Waals surface area contributed by atoms with E-state index in [1.54, 1.807) is 18.2 Å². The molecule has 2 N–H and O–H groups in total. The molecule has 2 amide bonds. The monoisotopic (exact) mass is 410 g/mol.